The second kappa shape index (κ2) is 6.47. The van der Waals surface area contributed by atoms with Gasteiger partial charge in [-0.3, -0.25) is 9.48 Å². The fraction of sp³-hybridized carbons (Fsp3) is 0.389. The molecule has 0 radical (unpaired) electrons. The molecular weight excluding hydrogens is 306 g/mol. The Labute approximate surface area is 142 Å². The lowest BCUT2D eigenvalue weighted by Gasteiger charge is -2.27. The lowest BCUT2D eigenvalue weighted by atomic mass is 10.0. The average molecular weight is 329 g/mol. The first kappa shape index (κ1) is 17.7. The van der Waals surface area contributed by atoms with Gasteiger partial charge in [0.1, 0.15) is 5.54 Å². The molecule has 1 aromatic carbocycles. The van der Waals surface area contributed by atoms with E-state index in [0.717, 1.165) is 5.56 Å². The Morgan fingerprint density at radius 3 is 2.42 bits per heavy atom. The summed E-state index contributed by atoms with van der Waals surface area (Å²) >= 11 is 0. The largest absolute Gasteiger partial charge is 0.465 e. The Hall–Kier alpha value is -2.63. The fourth-order valence-electron chi connectivity index (χ4n) is 2.64. The van der Waals surface area contributed by atoms with Crippen LogP contribution in [0.15, 0.2) is 30.5 Å². The SMILES string of the molecule is COC(=O)c1ccccc1-c1nn(C(C)(C)C(=O)N(C)C)cc1C. The van der Waals surface area contributed by atoms with Crippen molar-refractivity contribution in [1.29, 1.82) is 0 Å². The number of aromatic nitrogens is 2. The van der Waals surface area contributed by atoms with E-state index < -0.39 is 11.5 Å². The van der Waals surface area contributed by atoms with Gasteiger partial charge in [-0.1, -0.05) is 18.2 Å². The van der Waals surface area contributed by atoms with Crippen LogP contribution in [0.1, 0.15) is 29.8 Å². The maximum absolute atomic E-state index is 12.4. The number of ether oxygens (including phenoxy) is 1. The highest BCUT2D eigenvalue weighted by Crippen LogP contribution is 2.28. The van der Waals surface area contributed by atoms with E-state index in [-0.39, 0.29) is 5.91 Å². The van der Waals surface area contributed by atoms with E-state index in [0.29, 0.717) is 16.8 Å². The molecule has 0 aliphatic heterocycles. The quantitative estimate of drug-likeness (QED) is 0.808. The van der Waals surface area contributed by atoms with E-state index >= 15 is 0 Å². The molecule has 0 unspecified atom stereocenters. The zero-order valence-electron chi connectivity index (χ0n) is 15.0. The summed E-state index contributed by atoms with van der Waals surface area (Å²) < 4.78 is 6.49. The molecule has 0 aliphatic rings. The van der Waals surface area contributed by atoms with Crippen LogP contribution in [0.2, 0.25) is 0 Å². The molecule has 0 atom stereocenters. The number of aryl methyl sites for hydroxylation is 1. The first-order chi connectivity index (χ1) is 11.2. The van der Waals surface area contributed by atoms with Crippen molar-refractivity contribution in [1.82, 2.24) is 14.7 Å². The van der Waals surface area contributed by atoms with Crippen LogP contribution in [0.25, 0.3) is 11.3 Å². The number of nitrogens with zero attached hydrogens (tertiary/aromatic N) is 3. The maximum Gasteiger partial charge on any atom is 0.338 e. The molecule has 0 saturated carbocycles. The number of methoxy groups -OCH3 is 1. The first-order valence-corrected chi connectivity index (χ1v) is 7.66. The molecule has 128 valence electrons. The number of carbonyl (C=O) groups is 2. The van der Waals surface area contributed by atoms with E-state index in [9.17, 15) is 9.59 Å². The third-order valence-electron chi connectivity index (χ3n) is 3.99. The summed E-state index contributed by atoms with van der Waals surface area (Å²) in [7, 11) is 4.78. The third-order valence-corrected chi connectivity index (χ3v) is 3.99. The van der Waals surface area contributed by atoms with Gasteiger partial charge in [-0.25, -0.2) is 4.79 Å². The normalized spacial score (nSPS) is 11.2. The first-order valence-electron chi connectivity index (χ1n) is 7.66. The molecule has 0 spiro atoms. The number of amides is 1. The van der Waals surface area contributed by atoms with Gasteiger partial charge in [0.05, 0.1) is 18.4 Å². The predicted molar refractivity (Wildman–Crippen MR) is 91.8 cm³/mol. The summed E-state index contributed by atoms with van der Waals surface area (Å²) in [5.74, 6) is -0.471. The minimum atomic E-state index is -0.827. The Kier molecular flexibility index (Phi) is 4.78. The molecule has 1 aromatic heterocycles. The lowest BCUT2D eigenvalue weighted by Crippen LogP contribution is -2.44. The summed E-state index contributed by atoms with van der Waals surface area (Å²) in [4.78, 5) is 26.0. The van der Waals surface area contributed by atoms with Crippen molar-refractivity contribution in [3.8, 4) is 11.3 Å². The number of carbonyl (C=O) groups excluding carboxylic acids is 2. The Morgan fingerprint density at radius 2 is 1.83 bits per heavy atom. The zero-order chi connectivity index (χ0) is 18.1. The highest BCUT2D eigenvalue weighted by atomic mass is 16.5. The summed E-state index contributed by atoms with van der Waals surface area (Å²) in [6, 6.07) is 7.15. The predicted octanol–water partition coefficient (Wildman–Crippen LogP) is 2.47. The highest BCUT2D eigenvalue weighted by molar-refractivity contribution is 5.97. The van der Waals surface area contributed by atoms with Gasteiger partial charge in [-0.15, -0.1) is 0 Å². The molecule has 1 heterocycles. The molecule has 24 heavy (non-hydrogen) atoms. The Bertz CT molecular complexity index is 776. The van der Waals surface area contributed by atoms with Gasteiger partial charge < -0.3 is 9.64 Å². The molecule has 1 amide bonds. The molecular formula is C18H23N3O3. The number of hydrogen-bond donors (Lipinski definition) is 0. The topological polar surface area (TPSA) is 64.4 Å². The zero-order valence-corrected chi connectivity index (χ0v) is 15.0. The number of benzene rings is 1. The Morgan fingerprint density at radius 1 is 1.21 bits per heavy atom. The maximum atomic E-state index is 12.4. The number of hydrogen-bond acceptors (Lipinski definition) is 4. The van der Waals surface area contributed by atoms with Gasteiger partial charge in [0.25, 0.3) is 0 Å². The molecule has 0 bridgehead atoms. The monoisotopic (exact) mass is 329 g/mol. The van der Waals surface area contributed by atoms with E-state index in [1.54, 1.807) is 35.8 Å². The molecule has 0 saturated heterocycles. The van der Waals surface area contributed by atoms with E-state index in [1.165, 1.54) is 7.11 Å². The van der Waals surface area contributed by atoms with Crippen molar-refractivity contribution in [2.24, 2.45) is 0 Å². The van der Waals surface area contributed by atoms with Crippen molar-refractivity contribution < 1.29 is 14.3 Å². The van der Waals surface area contributed by atoms with E-state index in [4.69, 9.17) is 4.74 Å². The van der Waals surface area contributed by atoms with Crippen LogP contribution in [0.3, 0.4) is 0 Å². The van der Waals surface area contributed by atoms with Crippen LogP contribution in [0.5, 0.6) is 0 Å². The second-order valence-corrected chi connectivity index (χ2v) is 6.40. The highest BCUT2D eigenvalue weighted by Gasteiger charge is 2.33. The van der Waals surface area contributed by atoms with Crippen molar-refractivity contribution in [2.45, 2.75) is 26.3 Å². The van der Waals surface area contributed by atoms with Gasteiger partial charge in [-0.05, 0) is 32.4 Å². The van der Waals surface area contributed by atoms with Gasteiger partial charge in [0.15, 0.2) is 0 Å². The van der Waals surface area contributed by atoms with Crippen LogP contribution in [0.4, 0.5) is 0 Å². The summed E-state index contributed by atoms with van der Waals surface area (Å²) in [6.45, 7) is 5.54. The standard InChI is InChI=1S/C18H23N3O3/c1-12-11-21(18(2,3)17(23)20(4)5)19-15(12)13-9-7-8-10-14(13)16(22)24-6/h7-11H,1-6H3. The summed E-state index contributed by atoms with van der Waals surface area (Å²) in [5, 5.41) is 4.59. The third kappa shape index (κ3) is 3.04. The van der Waals surface area contributed by atoms with Crippen LogP contribution < -0.4 is 0 Å². The second-order valence-electron chi connectivity index (χ2n) is 6.40. The summed E-state index contributed by atoms with van der Waals surface area (Å²) in [6.07, 6.45) is 1.82. The van der Waals surface area contributed by atoms with Gasteiger partial charge in [0, 0.05) is 25.9 Å². The molecule has 0 N–H and O–H groups in total. The van der Waals surface area contributed by atoms with E-state index in [2.05, 4.69) is 5.10 Å². The molecule has 6 nitrogen and oxygen atoms in total. The van der Waals surface area contributed by atoms with Crippen LogP contribution in [-0.4, -0.2) is 47.8 Å². The van der Waals surface area contributed by atoms with E-state index in [1.807, 2.05) is 39.1 Å². The van der Waals surface area contributed by atoms with Gasteiger partial charge in [0.2, 0.25) is 5.91 Å². The van der Waals surface area contributed by atoms with Crippen molar-refractivity contribution in [3.05, 3.63) is 41.6 Å². The summed E-state index contributed by atoms with van der Waals surface area (Å²) in [5.41, 5.74) is 1.85. The number of rotatable bonds is 4. The van der Waals surface area contributed by atoms with Crippen molar-refractivity contribution >= 4 is 11.9 Å². The van der Waals surface area contributed by atoms with Crippen molar-refractivity contribution in [3.63, 3.8) is 0 Å². The Balaban J connectivity index is 2.55. The van der Waals surface area contributed by atoms with Crippen LogP contribution >= 0.6 is 0 Å². The molecule has 6 heteroatoms. The number of likely N-dealkylation sites (N-methyl/N-ethyl adjacent to an activating group) is 1. The minimum Gasteiger partial charge on any atom is -0.465 e. The molecule has 2 rings (SSSR count). The van der Waals surface area contributed by atoms with Crippen LogP contribution in [-0.2, 0) is 15.1 Å². The van der Waals surface area contributed by atoms with Crippen molar-refractivity contribution in [2.75, 3.05) is 21.2 Å². The molecule has 0 fully saturated rings. The number of esters is 1. The average Bonchev–Trinajstić information content (AvgIpc) is 2.95. The fourth-order valence-corrected chi connectivity index (χ4v) is 2.64. The minimum absolute atomic E-state index is 0.0576. The van der Waals surface area contributed by atoms with Crippen LogP contribution in [0, 0.1) is 6.92 Å². The molecule has 2 aromatic rings. The molecule has 0 aliphatic carbocycles. The smallest absolute Gasteiger partial charge is 0.338 e. The van der Waals surface area contributed by atoms with Gasteiger partial charge in [-0.2, -0.15) is 5.10 Å². The van der Waals surface area contributed by atoms with Gasteiger partial charge >= 0.3 is 5.97 Å². The lowest BCUT2D eigenvalue weighted by molar-refractivity contribution is -0.137.